The average molecular weight is 359 g/mol. The number of hydrazone groups is 1. The van der Waals surface area contributed by atoms with Gasteiger partial charge in [-0.15, -0.1) is 0 Å². The van der Waals surface area contributed by atoms with E-state index in [4.69, 9.17) is 9.47 Å². The largest absolute Gasteiger partial charge is 0.490 e. The van der Waals surface area contributed by atoms with Crippen LogP contribution in [0.2, 0.25) is 0 Å². The van der Waals surface area contributed by atoms with Crippen LogP contribution in [0.1, 0.15) is 44.4 Å². The van der Waals surface area contributed by atoms with E-state index in [0.29, 0.717) is 30.5 Å². The van der Waals surface area contributed by atoms with Crippen molar-refractivity contribution in [2.45, 2.75) is 40.0 Å². The predicted molar refractivity (Wildman–Crippen MR) is 101 cm³/mol. The van der Waals surface area contributed by atoms with Crippen LogP contribution in [0.4, 0.5) is 5.82 Å². The Hall–Kier alpha value is -2.90. The van der Waals surface area contributed by atoms with Crippen LogP contribution >= 0.6 is 0 Å². The summed E-state index contributed by atoms with van der Waals surface area (Å²) in [5.74, 6) is 1.72. The first kappa shape index (κ1) is 19.4. The molecule has 0 fully saturated rings. The number of nitrogens with zero attached hydrogens (tertiary/aromatic N) is 3. The maximum absolute atomic E-state index is 11.2. The van der Waals surface area contributed by atoms with Gasteiger partial charge in [-0.2, -0.15) is 15.2 Å². The molecule has 8 heteroatoms. The van der Waals surface area contributed by atoms with Crippen molar-refractivity contribution >= 4 is 12.0 Å². The Labute approximate surface area is 152 Å². The molecule has 0 amide bonds. The van der Waals surface area contributed by atoms with Crippen molar-refractivity contribution in [3.8, 4) is 11.5 Å². The minimum atomic E-state index is -0.531. The molecule has 0 unspecified atom stereocenters. The van der Waals surface area contributed by atoms with E-state index in [1.807, 2.05) is 25.1 Å². The summed E-state index contributed by atoms with van der Waals surface area (Å²) in [6.45, 7) is 7.03. The zero-order valence-corrected chi connectivity index (χ0v) is 15.4. The molecule has 2 rings (SSSR count). The molecule has 0 saturated carbocycles. The minimum Gasteiger partial charge on any atom is -0.490 e. The number of H-pyrrole nitrogens is 1. The van der Waals surface area contributed by atoms with E-state index in [1.165, 1.54) is 0 Å². The molecule has 0 radical (unpaired) electrons. The smallest absolute Gasteiger partial charge is 0.363 e. The Morgan fingerprint density at radius 2 is 2.08 bits per heavy atom. The van der Waals surface area contributed by atoms with Crippen molar-refractivity contribution in [2.24, 2.45) is 5.10 Å². The van der Waals surface area contributed by atoms with Gasteiger partial charge in [0.1, 0.15) is 5.69 Å². The summed E-state index contributed by atoms with van der Waals surface area (Å²) in [4.78, 5) is 15.0. The van der Waals surface area contributed by atoms with Gasteiger partial charge in [0.2, 0.25) is 0 Å². The highest BCUT2D eigenvalue weighted by Gasteiger charge is 2.06. The molecule has 0 aliphatic heterocycles. The van der Waals surface area contributed by atoms with Gasteiger partial charge in [0.15, 0.2) is 17.3 Å². The lowest BCUT2D eigenvalue weighted by Crippen LogP contribution is -2.15. The standard InChI is InChI=1S/C18H25N5O3/c1-4-6-7-10-26-15-9-8-14(11-16(15)25-5-2)12-19-22-17-13(3)21-23-18(24)20-17/h8-9,11-12H,4-7,10H2,1-3H3,(H2,20,22,23,24)/b19-12-. The van der Waals surface area contributed by atoms with Crippen LogP contribution in [-0.4, -0.2) is 34.6 Å². The lowest BCUT2D eigenvalue weighted by Gasteiger charge is -2.12. The Balaban J connectivity index is 2.05. The maximum atomic E-state index is 11.2. The number of ether oxygens (including phenoxy) is 2. The van der Waals surface area contributed by atoms with Gasteiger partial charge in [-0.25, -0.2) is 9.89 Å². The summed E-state index contributed by atoms with van der Waals surface area (Å²) >= 11 is 0. The lowest BCUT2D eigenvalue weighted by molar-refractivity contribution is 0.271. The Bertz CT molecular complexity index is 789. The SMILES string of the molecule is CCCCCOc1ccc(/C=N\Nc2nc(=O)[nH]nc2C)cc1OCC. The molecule has 8 nitrogen and oxygen atoms in total. The van der Waals surface area contributed by atoms with Crippen molar-refractivity contribution in [2.75, 3.05) is 18.6 Å². The van der Waals surface area contributed by atoms with E-state index >= 15 is 0 Å². The van der Waals surface area contributed by atoms with Crippen LogP contribution in [0.3, 0.4) is 0 Å². The third kappa shape index (κ3) is 5.87. The first-order valence-corrected chi connectivity index (χ1v) is 8.76. The van der Waals surface area contributed by atoms with Crippen LogP contribution in [0, 0.1) is 6.92 Å². The highest BCUT2D eigenvalue weighted by molar-refractivity contribution is 5.81. The van der Waals surface area contributed by atoms with Crippen LogP contribution in [-0.2, 0) is 0 Å². The van der Waals surface area contributed by atoms with Gasteiger partial charge in [-0.05, 0) is 44.0 Å². The normalized spacial score (nSPS) is 10.9. The number of aromatic amines is 1. The Morgan fingerprint density at radius 1 is 1.23 bits per heavy atom. The highest BCUT2D eigenvalue weighted by atomic mass is 16.5. The van der Waals surface area contributed by atoms with E-state index in [2.05, 4.69) is 32.6 Å². The van der Waals surface area contributed by atoms with Crippen molar-refractivity contribution in [3.63, 3.8) is 0 Å². The zero-order valence-electron chi connectivity index (χ0n) is 15.4. The molecule has 1 aromatic carbocycles. The molecule has 0 bridgehead atoms. The summed E-state index contributed by atoms with van der Waals surface area (Å²) in [5.41, 5.74) is 3.57. The molecule has 2 N–H and O–H groups in total. The molecule has 1 heterocycles. The predicted octanol–water partition coefficient (Wildman–Crippen LogP) is 2.89. The van der Waals surface area contributed by atoms with Crippen molar-refractivity contribution in [1.29, 1.82) is 0 Å². The highest BCUT2D eigenvalue weighted by Crippen LogP contribution is 2.28. The van der Waals surface area contributed by atoms with E-state index in [-0.39, 0.29) is 0 Å². The van der Waals surface area contributed by atoms with Crippen LogP contribution < -0.4 is 20.6 Å². The van der Waals surface area contributed by atoms with Crippen molar-refractivity contribution in [3.05, 3.63) is 39.9 Å². The van der Waals surface area contributed by atoms with E-state index in [1.54, 1.807) is 13.1 Å². The second-order valence-electron chi connectivity index (χ2n) is 5.64. The quantitative estimate of drug-likeness (QED) is 0.384. The second-order valence-corrected chi connectivity index (χ2v) is 5.64. The summed E-state index contributed by atoms with van der Waals surface area (Å²) in [6, 6.07) is 5.62. The third-order valence-electron chi connectivity index (χ3n) is 3.53. The molecular weight excluding hydrogens is 334 g/mol. The number of nitrogens with one attached hydrogen (secondary N) is 2. The molecular formula is C18H25N5O3. The van der Waals surface area contributed by atoms with Crippen LogP contribution in [0.25, 0.3) is 0 Å². The Kier molecular flexibility index (Phi) is 7.60. The van der Waals surface area contributed by atoms with Gasteiger partial charge in [0.25, 0.3) is 0 Å². The first-order chi connectivity index (χ1) is 12.6. The van der Waals surface area contributed by atoms with Crippen molar-refractivity contribution in [1.82, 2.24) is 15.2 Å². The average Bonchev–Trinajstić information content (AvgIpc) is 2.63. The maximum Gasteiger partial charge on any atom is 0.363 e. The number of rotatable bonds is 10. The van der Waals surface area contributed by atoms with E-state index < -0.39 is 5.69 Å². The fourth-order valence-corrected chi connectivity index (χ4v) is 2.19. The number of hydrogen-bond acceptors (Lipinski definition) is 7. The monoisotopic (exact) mass is 359 g/mol. The van der Waals surface area contributed by atoms with E-state index in [0.717, 1.165) is 30.6 Å². The van der Waals surface area contributed by atoms with Crippen LogP contribution in [0.5, 0.6) is 11.5 Å². The third-order valence-corrected chi connectivity index (χ3v) is 3.53. The number of anilines is 1. The van der Waals surface area contributed by atoms with Crippen LogP contribution in [0.15, 0.2) is 28.1 Å². The Morgan fingerprint density at radius 3 is 2.85 bits per heavy atom. The molecule has 0 aliphatic carbocycles. The summed E-state index contributed by atoms with van der Waals surface area (Å²) in [7, 11) is 0. The number of unbranched alkanes of at least 4 members (excludes halogenated alkanes) is 2. The van der Waals surface area contributed by atoms with E-state index in [9.17, 15) is 4.79 Å². The molecule has 0 aliphatic rings. The zero-order chi connectivity index (χ0) is 18.8. The van der Waals surface area contributed by atoms with Gasteiger partial charge in [-0.1, -0.05) is 19.8 Å². The minimum absolute atomic E-state index is 0.311. The van der Waals surface area contributed by atoms with Gasteiger partial charge in [0, 0.05) is 0 Å². The molecule has 0 atom stereocenters. The number of hydrogen-bond donors (Lipinski definition) is 2. The fraction of sp³-hybridized carbons (Fsp3) is 0.444. The molecule has 0 spiro atoms. The molecule has 140 valence electrons. The van der Waals surface area contributed by atoms with Gasteiger partial charge >= 0.3 is 5.69 Å². The van der Waals surface area contributed by atoms with Gasteiger partial charge < -0.3 is 9.47 Å². The topological polar surface area (TPSA) is 101 Å². The number of aryl methyl sites for hydroxylation is 1. The summed E-state index contributed by atoms with van der Waals surface area (Å²) in [5, 5.41) is 10.2. The molecule has 1 aromatic heterocycles. The van der Waals surface area contributed by atoms with Crippen molar-refractivity contribution < 1.29 is 9.47 Å². The fourth-order valence-electron chi connectivity index (χ4n) is 2.19. The molecule has 26 heavy (non-hydrogen) atoms. The number of aromatic nitrogens is 3. The summed E-state index contributed by atoms with van der Waals surface area (Å²) in [6.07, 6.45) is 4.93. The second kappa shape index (κ2) is 10.2. The summed E-state index contributed by atoms with van der Waals surface area (Å²) < 4.78 is 11.5. The van der Waals surface area contributed by atoms with Gasteiger partial charge in [0.05, 0.1) is 19.4 Å². The lowest BCUT2D eigenvalue weighted by atomic mass is 10.2. The van der Waals surface area contributed by atoms with Gasteiger partial charge in [-0.3, -0.25) is 5.43 Å². The number of benzene rings is 1. The first-order valence-electron chi connectivity index (χ1n) is 8.76. The molecule has 0 saturated heterocycles. The molecule has 2 aromatic rings.